The van der Waals surface area contributed by atoms with Gasteiger partial charge in [0.25, 0.3) is 0 Å². The molecule has 9 heteroatoms. The van der Waals surface area contributed by atoms with Crippen molar-refractivity contribution in [2.75, 3.05) is 14.2 Å². The van der Waals surface area contributed by atoms with Crippen molar-refractivity contribution < 1.29 is 19.1 Å². The van der Waals surface area contributed by atoms with Crippen LogP contribution >= 0.6 is 0 Å². The summed E-state index contributed by atoms with van der Waals surface area (Å²) in [6, 6.07) is 0. The maximum absolute atomic E-state index is 12.1. The number of aromatic nitrogens is 4. The van der Waals surface area contributed by atoms with E-state index in [1.54, 1.807) is 0 Å². The van der Waals surface area contributed by atoms with Crippen LogP contribution in [-0.4, -0.2) is 49.2 Å². The SMILES string of the molecule is C=Cc1c2[n-]c(c1C)/C=c1\[n-]/c(c(C)c1C=C)=C\c1[n-]c(c(CCC(=O)OC)c1C)/C=c1\[n-]/c(c(C)c1CCC(=O)OC)=C\2.[Mg+2]. The molecule has 0 aromatic carbocycles. The largest absolute Gasteiger partial charge is 2.00 e. The predicted octanol–water partition coefficient (Wildman–Crippen LogP) is 1.49. The maximum atomic E-state index is 12.1. The summed E-state index contributed by atoms with van der Waals surface area (Å²) in [6.45, 7) is 16.2. The Morgan fingerprint density at radius 1 is 0.600 bits per heavy atom. The number of hydrogen-bond donors (Lipinski definition) is 0. The molecule has 0 unspecified atom stereocenters. The minimum Gasteiger partial charge on any atom is -0.657 e. The molecule has 0 N–H and O–H groups in total. The van der Waals surface area contributed by atoms with Crippen molar-refractivity contribution in [1.29, 1.82) is 0 Å². The first-order valence-corrected chi connectivity index (χ1v) is 14.5. The van der Waals surface area contributed by atoms with Gasteiger partial charge in [-0.15, -0.1) is 44.2 Å². The molecule has 0 spiro atoms. The first-order chi connectivity index (χ1) is 21.1. The first kappa shape index (κ1) is 33.7. The molecule has 0 saturated carbocycles. The summed E-state index contributed by atoms with van der Waals surface area (Å²) in [4.78, 5) is 44.3. The molecule has 1 aliphatic rings. The summed E-state index contributed by atoms with van der Waals surface area (Å²) in [5, 5.41) is 3.02. The second-order valence-corrected chi connectivity index (χ2v) is 11.0. The number of hydrogen-bond acceptors (Lipinski definition) is 4. The van der Waals surface area contributed by atoms with Crippen molar-refractivity contribution in [3.05, 3.63) is 102 Å². The van der Waals surface area contributed by atoms with Gasteiger partial charge in [-0.05, 0) is 51.7 Å². The topological polar surface area (TPSA) is 109 Å². The normalized spacial score (nSPS) is 14.7. The van der Waals surface area contributed by atoms with Crippen LogP contribution in [0.1, 0.15) is 80.1 Å². The van der Waals surface area contributed by atoms with E-state index in [-0.39, 0.29) is 47.8 Å². The number of rotatable bonds is 8. The van der Waals surface area contributed by atoms with Crippen molar-refractivity contribution in [3.8, 4) is 0 Å². The number of methoxy groups -OCH3 is 2. The molecule has 0 atom stereocenters. The summed E-state index contributed by atoms with van der Waals surface area (Å²) < 4.78 is 9.86. The van der Waals surface area contributed by atoms with Crippen LogP contribution in [0.5, 0.6) is 0 Å². The van der Waals surface area contributed by atoms with Crippen molar-refractivity contribution in [2.24, 2.45) is 0 Å². The molecule has 5 rings (SSSR count). The standard InChI is InChI=1S/C36H36N4O4.Mg/c1-9-23-19(3)27-15-28-21(5)25(11-13-35(41)43-7)33(39-28)18-34-26(12-14-36(42)44-8)22(6)30(40-34)17-32-24(10-2)20(4)29(38-32)16-31(23)37-27;/h9-10,15-18H,1-2,11-14H2,3-8H3;/q-4;+2/b27-15-,28-15?,29-16?,30-17-,31-16-,32-17?,33-18?,34-18-;. The van der Waals surface area contributed by atoms with Crippen LogP contribution in [0, 0.1) is 27.7 Å². The third kappa shape index (κ3) is 6.46. The molecule has 4 aromatic heterocycles. The first-order valence-electron chi connectivity index (χ1n) is 14.5. The molecule has 4 aromatic rings. The van der Waals surface area contributed by atoms with Gasteiger partial charge in [0.05, 0.1) is 14.2 Å². The Labute approximate surface area is 278 Å². The summed E-state index contributed by atoms with van der Waals surface area (Å²) in [7, 11) is 2.78. The Hall–Kier alpha value is -4.21. The van der Waals surface area contributed by atoms with Gasteiger partial charge in [-0.2, -0.15) is 0 Å². The van der Waals surface area contributed by atoms with E-state index >= 15 is 0 Å². The molecule has 0 amide bonds. The van der Waals surface area contributed by atoms with Crippen LogP contribution in [0.4, 0.5) is 0 Å². The molecule has 45 heavy (non-hydrogen) atoms. The van der Waals surface area contributed by atoms with Gasteiger partial charge < -0.3 is 29.4 Å². The fourth-order valence-electron chi connectivity index (χ4n) is 5.81. The summed E-state index contributed by atoms with van der Waals surface area (Å²) >= 11 is 0. The van der Waals surface area contributed by atoms with E-state index in [0.717, 1.165) is 77.6 Å². The third-order valence-corrected chi connectivity index (χ3v) is 8.50. The molecule has 0 radical (unpaired) electrons. The zero-order valence-electron chi connectivity index (χ0n) is 26.8. The minimum atomic E-state index is -0.295. The number of fused-ring (bicyclic) bond motifs is 8. The smallest absolute Gasteiger partial charge is 0.657 e. The molecular weight excluding hydrogens is 577 g/mol. The van der Waals surface area contributed by atoms with Gasteiger partial charge in [0.2, 0.25) is 0 Å². The van der Waals surface area contributed by atoms with Gasteiger partial charge in [-0.3, -0.25) is 9.59 Å². The van der Waals surface area contributed by atoms with E-state index in [1.807, 2.05) is 64.2 Å². The summed E-state index contributed by atoms with van der Waals surface area (Å²) in [6.07, 6.45) is 12.8. The van der Waals surface area contributed by atoms with Crippen LogP contribution in [0.25, 0.3) is 36.5 Å². The molecule has 8 nitrogen and oxygen atoms in total. The average Bonchev–Trinajstić information content (AvgIpc) is 3.67. The molecule has 0 saturated heterocycles. The number of ether oxygens (including phenoxy) is 2. The molecule has 1 aliphatic heterocycles. The Morgan fingerprint density at radius 2 is 1.09 bits per heavy atom. The van der Waals surface area contributed by atoms with Crippen molar-refractivity contribution in [2.45, 2.75) is 53.4 Å². The van der Waals surface area contributed by atoms with E-state index in [2.05, 4.69) is 13.2 Å². The van der Waals surface area contributed by atoms with Crippen LogP contribution < -0.4 is 41.3 Å². The zero-order valence-corrected chi connectivity index (χ0v) is 28.2. The maximum Gasteiger partial charge on any atom is 2.00 e. The molecule has 228 valence electrons. The summed E-state index contributed by atoms with van der Waals surface area (Å²) in [5.74, 6) is -0.589. The van der Waals surface area contributed by atoms with Gasteiger partial charge in [-0.1, -0.05) is 83.0 Å². The van der Waals surface area contributed by atoms with Crippen LogP contribution in [-0.2, 0) is 31.9 Å². The Bertz CT molecular complexity index is 2070. The molecule has 0 fully saturated rings. The van der Waals surface area contributed by atoms with Gasteiger partial charge in [0.15, 0.2) is 0 Å². The van der Waals surface area contributed by atoms with E-state index in [1.165, 1.54) is 14.2 Å². The number of carbonyl (C=O) groups excluding carboxylic acids is 2. The predicted molar refractivity (Wildman–Crippen MR) is 177 cm³/mol. The summed E-state index contributed by atoms with van der Waals surface area (Å²) in [5.41, 5.74) is 10.6. The molecule has 0 aliphatic carbocycles. The van der Waals surface area contributed by atoms with E-state index in [9.17, 15) is 9.59 Å². The Morgan fingerprint density at radius 3 is 1.71 bits per heavy atom. The second kappa shape index (κ2) is 13.8. The van der Waals surface area contributed by atoms with Gasteiger partial charge in [0.1, 0.15) is 0 Å². The van der Waals surface area contributed by atoms with Gasteiger partial charge in [0, 0.05) is 12.8 Å². The van der Waals surface area contributed by atoms with Gasteiger partial charge >= 0.3 is 35.0 Å². The number of esters is 2. The minimum absolute atomic E-state index is 0. The zero-order chi connectivity index (χ0) is 31.7. The second-order valence-electron chi connectivity index (χ2n) is 11.0. The molecule has 5 heterocycles. The van der Waals surface area contributed by atoms with Crippen molar-refractivity contribution in [3.63, 3.8) is 0 Å². The Kier molecular flexibility index (Phi) is 10.3. The van der Waals surface area contributed by atoms with E-state index in [4.69, 9.17) is 29.4 Å². The average molecular weight is 613 g/mol. The monoisotopic (exact) mass is 612 g/mol. The molecular formula is C36H36MgN4O4-2. The fourth-order valence-corrected chi connectivity index (χ4v) is 5.81. The van der Waals surface area contributed by atoms with Crippen LogP contribution in [0.3, 0.4) is 0 Å². The Balaban J connectivity index is 0.00000461. The fraction of sp³-hybridized carbons (Fsp3) is 0.278. The number of nitrogens with zero attached hydrogens (tertiary/aromatic N) is 4. The van der Waals surface area contributed by atoms with Gasteiger partial charge in [-0.25, -0.2) is 0 Å². The van der Waals surface area contributed by atoms with Crippen LogP contribution in [0.2, 0.25) is 0 Å². The van der Waals surface area contributed by atoms with Crippen molar-refractivity contribution >= 4 is 71.4 Å². The van der Waals surface area contributed by atoms with Crippen molar-refractivity contribution in [1.82, 2.24) is 19.9 Å². The quantitative estimate of drug-likeness (QED) is 0.192. The van der Waals surface area contributed by atoms with E-state index in [0.29, 0.717) is 23.9 Å². The molecule has 8 bridgehead atoms. The number of carbonyl (C=O) groups is 2. The van der Waals surface area contributed by atoms with E-state index < -0.39 is 0 Å². The van der Waals surface area contributed by atoms with Crippen LogP contribution in [0.15, 0.2) is 13.2 Å². The third-order valence-electron chi connectivity index (χ3n) is 8.50.